The summed E-state index contributed by atoms with van der Waals surface area (Å²) in [6, 6.07) is 22.1. The lowest BCUT2D eigenvalue weighted by Crippen LogP contribution is -2.48. The zero-order valence-electron chi connectivity index (χ0n) is 18.4. The molecule has 1 aliphatic heterocycles. The van der Waals surface area contributed by atoms with Crippen molar-refractivity contribution in [2.75, 3.05) is 42.1 Å². The van der Waals surface area contributed by atoms with Crippen LogP contribution in [-0.2, 0) is 0 Å². The molecule has 1 atom stereocenters. The number of nitrogens with two attached hydrogens (primary N) is 1. The van der Waals surface area contributed by atoms with Gasteiger partial charge in [0.25, 0.3) is 0 Å². The lowest BCUT2D eigenvalue weighted by molar-refractivity contribution is 0.212. The minimum Gasteiger partial charge on any atom is -0.393 e. The van der Waals surface area contributed by atoms with E-state index in [-0.39, 0.29) is 6.04 Å². The highest BCUT2D eigenvalue weighted by Crippen LogP contribution is 2.32. The SMILES string of the molecule is CCC(C)Nc1ncnc(N2CCN(C(c3ccccc3)c3ccccc3)CC2)c1N. The van der Waals surface area contributed by atoms with Crippen molar-refractivity contribution >= 4 is 17.3 Å². The molecule has 3 aromatic rings. The van der Waals surface area contributed by atoms with Crippen molar-refractivity contribution in [1.82, 2.24) is 14.9 Å². The van der Waals surface area contributed by atoms with Crippen molar-refractivity contribution < 1.29 is 0 Å². The summed E-state index contributed by atoms with van der Waals surface area (Å²) in [5.74, 6) is 1.56. The standard InChI is InChI=1S/C25H32N6/c1-3-19(2)29-24-22(26)25(28-18-27-24)31-16-14-30(15-17-31)23(20-10-6-4-7-11-20)21-12-8-5-9-13-21/h4-13,18-19,23H,3,14-17,26H2,1-2H3,(H,27,28,29). The molecule has 1 aromatic heterocycles. The van der Waals surface area contributed by atoms with Gasteiger partial charge in [0.15, 0.2) is 11.6 Å². The highest BCUT2D eigenvalue weighted by Gasteiger charge is 2.28. The lowest BCUT2D eigenvalue weighted by atomic mass is 9.96. The van der Waals surface area contributed by atoms with Crippen LogP contribution in [-0.4, -0.2) is 47.1 Å². The molecule has 6 heteroatoms. The van der Waals surface area contributed by atoms with Gasteiger partial charge in [-0.1, -0.05) is 67.6 Å². The van der Waals surface area contributed by atoms with E-state index < -0.39 is 0 Å². The van der Waals surface area contributed by atoms with Gasteiger partial charge < -0.3 is 16.0 Å². The maximum atomic E-state index is 6.45. The molecule has 31 heavy (non-hydrogen) atoms. The molecular weight excluding hydrogens is 384 g/mol. The van der Waals surface area contributed by atoms with Crippen LogP contribution in [0.2, 0.25) is 0 Å². The van der Waals surface area contributed by atoms with E-state index in [1.165, 1.54) is 11.1 Å². The Kier molecular flexibility index (Phi) is 6.67. The summed E-state index contributed by atoms with van der Waals surface area (Å²) < 4.78 is 0. The molecule has 0 radical (unpaired) electrons. The zero-order chi connectivity index (χ0) is 21.6. The number of hydrogen-bond acceptors (Lipinski definition) is 6. The van der Waals surface area contributed by atoms with Gasteiger partial charge in [-0.25, -0.2) is 9.97 Å². The van der Waals surface area contributed by atoms with Crippen LogP contribution in [0.4, 0.5) is 17.3 Å². The minimum absolute atomic E-state index is 0.245. The summed E-state index contributed by atoms with van der Waals surface area (Å²) in [6.07, 6.45) is 2.62. The van der Waals surface area contributed by atoms with Gasteiger partial charge in [0, 0.05) is 32.2 Å². The molecule has 4 rings (SSSR count). The number of anilines is 3. The Morgan fingerprint density at radius 2 is 1.48 bits per heavy atom. The first-order valence-electron chi connectivity index (χ1n) is 11.1. The number of rotatable bonds is 7. The van der Waals surface area contributed by atoms with Crippen molar-refractivity contribution in [1.29, 1.82) is 0 Å². The van der Waals surface area contributed by atoms with Crippen LogP contribution in [0.5, 0.6) is 0 Å². The smallest absolute Gasteiger partial charge is 0.157 e. The fourth-order valence-corrected chi connectivity index (χ4v) is 4.17. The number of nitrogens with zero attached hydrogens (tertiary/aromatic N) is 4. The topological polar surface area (TPSA) is 70.3 Å². The van der Waals surface area contributed by atoms with Gasteiger partial charge in [0.05, 0.1) is 6.04 Å². The van der Waals surface area contributed by atoms with Crippen LogP contribution >= 0.6 is 0 Å². The van der Waals surface area contributed by atoms with Crippen molar-refractivity contribution in [3.8, 4) is 0 Å². The Morgan fingerprint density at radius 1 is 0.903 bits per heavy atom. The summed E-state index contributed by atoms with van der Waals surface area (Å²) in [6.45, 7) is 7.90. The molecule has 1 fully saturated rings. The Labute approximate surface area is 185 Å². The molecule has 1 saturated heterocycles. The van der Waals surface area contributed by atoms with E-state index in [9.17, 15) is 0 Å². The predicted molar refractivity (Wildman–Crippen MR) is 128 cm³/mol. The molecule has 0 spiro atoms. The number of hydrogen-bond donors (Lipinski definition) is 2. The third-order valence-corrected chi connectivity index (χ3v) is 6.07. The molecule has 0 aliphatic carbocycles. The zero-order valence-corrected chi connectivity index (χ0v) is 18.4. The fraction of sp³-hybridized carbons (Fsp3) is 0.360. The number of piperazine rings is 1. The van der Waals surface area contributed by atoms with E-state index >= 15 is 0 Å². The van der Waals surface area contributed by atoms with Gasteiger partial charge in [-0.3, -0.25) is 4.90 Å². The summed E-state index contributed by atoms with van der Waals surface area (Å²) >= 11 is 0. The third kappa shape index (κ3) is 4.80. The van der Waals surface area contributed by atoms with Crippen LogP contribution in [0.15, 0.2) is 67.0 Å². The van der Waals surface area contributed by atoms with E-state index in [1.807, 2.05) is 0 Å². The van der Waals surface area contributed by atoms with E-state index in [1.54, 1.807) is 6.33 Å². The summed E-state index contributed by atoms with van der Waals surface area (Å²) in [5.41, 5.74) is 9.73. The Morgan fingerprint density at radius 3 is 2.03 bits per heavy atom. The van der Waals surface area contributed by atoms with E-state index in [0.29, 0.717) is 11.7 Å². The maximum Gasteiger partial charge on any atom is 0.157 e. The number of benzene rings is 2. The average Bonchev–Trinajstić information content (AvgIpc) is 2.82. The van der Waals surface area contributed by atoms with Crippen LogP contribution in [0, 0.1) is 0 Å². The molecule has 1 unspecified atom stereocenters. The van der Waals surface area contributed by atoms with Crippen molar-refractivity contribution in [3.05, 3.63) is 78.1 Å². The first-order valence-corrected chi connectivity index (χ1v) is 11.1. The minimum atomic E-state index is 0.245. The van der Waals surface area contributed by atoms with Gasteiger partial charge in [0.2, 0.25) is 0 Å². The van der Waals surface area contributed by atoms with E-state index in [4.69, 9.17) is 5.73 Å². The highest BCUT2D eigenvalue weighted by molar-refractivity contribution is 5.75. The quantitative estimate of drug-likeness (QED) is 0.602. The second-order valence-corrected chi connectivity index (χ2v) is 8.16. The Bertz CT molecular complexity index is 915. The van der Waals surface area contributed by atoms with E-state index in [0.717, 1.165) is 44.2 Å². The molecular formula is C25H32N6. The van der Waals surface area contributed by atoms with Gasteiger partial charge in [-0.2, -0.15) is 0 Å². The largest absolute Gasteiger partial charge is 0.393 e. The summed E-state index contributed by atoms with van der Waals surface area (Å²) in [5, 5.41) is 3.40. The second kappa shape index (κ2) is 9.79. The summed E-state index contributed by atoms with van der Waals surface area (Å²) in [4.78, 5) is 13.7. The molecule has 0 bridgehead atoms. The fourth-order valence-electron chi connectivity index (χ4n) is 4.17. The number of aromatic nitrogens is 2. The van der Waals surface area contributed by atoms with Crippen LogP contribution < -0.4 is 16.0 Å². The number of nitrogens with one attached hydrogen (secondary N) is 1. The van der Waals surface area contributed by atoms with Crippen molar-refractivity contribution in [2.24, 2.45) is 0 Å². The van der Waals surface area contributed by atoms with E-state index in [2.05, 4.69) is 99.6 Å². The molecule has 0 amide bonds. The van der Waals surface area contributed by atoms with Gasteiger partial charge in [-0.05, 0) is 24.5 Å². The van der Waals surface area contributed by atoms with Crippen LogP contribution in [0.1, 0.15) is 37.4 Å². The highest BCUT2D eigenvalue weighted by atomic mass is 15.3. The van der Waals surface area contributed by atoms with Crippen LogP contribution in [0.3, 0.4) is 0 Å². The van der Waals surface area contributed by atoms with Gasteiger partial charge in [-0.15, -0.1) is 0 Å². The normalized spacial score (nSPS) is 15.8. The predicted octanol–water partition coefficient (Wildman–Crippen LogP) is 4.18. The maximum absolute atomic E-state index is 6.45. The Hall–Kier alpha value is -3.12. The molecule has 1 aliphatic rings. The lowest BCUT2D eigenvalue weighted by Gasteiger charge is -2.40. The van der Waals surface area contributed by atoms with Crippen molar-refractivity contribution in [3.63, 3.8) is 0 Å². The molecule has 3 N–H and O–H groups in total. The molecule has 2 heterocycles. The average molecular weight is 417 g/mol. The summed E-state index contributed by atoms with van der Waals surface area (Å²) in [7, 11) is 0. The first-order chi connectivity index (χ1) is 15.2. The van der Waals surface area contributed by atoms with Gasteiger partial charge in [0.1, 0.15) is 12.0 Å². The monoisotopic (exact) mass is 416 g/mol. The van der Waals surface area contributed by atoms with Gasteiger partial charge >= 0.3 is 0 Å². The third-order valence-electron chi connectivity index (χ3n) is 6.07. The van der Waals surface area contributed by atoms with Crippen LogP contribution in [0.25, 0.3) is 0 Å². The molecule has 2 aromatic carbocycles. The Balaban J connectivity index is 1.52. The molecule has 6 nitrogen and oxygen atoms in total. The molecule has 0 saturated carbocycles. The van der Waals surface area contributed by atoms with Crippen molar-refractivity contribution in [2.45, 2.75) is 32.4 Å². The molecule has 162 valence electrons. The number of nitrogen functional groups attached to an aromatic ring is 1. The second-order valence-electron chi connectivity index (χ2n) is 8.16. The first kappa shape index (κ1) is 21.1.